The highest BCUT2D eigenvalue weighted by Crippen LogP contribution is 2.29. The molecule has 5 heteroatoms. The van der Waals surface area contributed by atoms with E-state index in [2.05, 4.69) is 41.4 Å². The summed E-state index contributed by atoms with van der Waals surface area (Å²) in [5.74, 6) is 2.66. The summed E-state index contributed by atoms with van der Waals surface area (Å²) in [4.78, 5) is 6.61. The molecule has 1 aliphatic rings. The first-order valence-electron chi connectivity index (χ1n) is 8.71. The van der Waals surface area contributed by atoms with E-state index in [4.69, 9.17) is 4.74 Å². The predicted octanol–water partition coefficient (Wildman–Crippen LogP) is 1.94. The Kier molecular flexibility index (Phi) is 9.48. The first kappa shape index (κ1) is 19.2. The summed E-state index contributed by atoms with van der Waals surface area (Å²) < 4.78 is 5.09. The molecule has 0 aromatic heterocycles. The first-order valence-corrected chi connectivity index (χ1v) is 8.71. The molecular formula is C17H36N4O. The van der Waals surface area contributed by atoms with Gasteiger partial charge in [-0.15, -0.1) is 0 Å². The molecular weight excluding hydrogens is 276 g/mol. The van der Waals surface area contributed by atoms with Crippen LogP contribution in [0.25, 0.3) is 0 Å². The van der Waals surface area contributed by atoms with Crippen LogP contribution in [0, 0.1) is 11.8 Å². The van der Waals surface area contributed by atoms with Crippen LogP contribution in [-0.2, 0) is 4.74 Å². The minimum Gasteiger partial charge on any atom is -0.383 e. The van der Waals surface area contributed by atoms with E-state index in [1.165, 1.54) is 25.7 Å². The monoisotopic (exact) mass is 312 g/mol. The van der Waals surface area contributed by atoms with E-state index >= 15 is 0 Å². The lowest BCUT2D eigenvalue weighted by molar-refractivity contribution is 0.162. The average Bonchev–Trinajstić information content (AvgIpc) is 2.52. The Hall–Kier alpha value is -0.810. The summed E-state index contributed by atoms with van der Waals surface area (Å²) >= 11 is 0. The molecule has 0 amide bonds. The third-order valence-electron chi connectivity index (χ3n) is 4.74. The van der Waals surface area contributed by atoms with Crippen molar-refractivity contribution < 1.29 is 4.74 Å². The minimum atomic E-state index is 0.576. The highest BCUT2D eigenvalue weighted by atomic mass is 16.5. The molecule has 5 nitrogen and oxygen atoms in total. The third kappa shape index (κ3) is 7.45. The van der Waals surface area contributed by atoms with Crippen LogP contribution in [0.3, 0.4) is 0 Å². The van der Waals surface area contributed by atoms with Gasteiger partial charge in [0, 0.05) is 39.8 Å². The molecule has 0 radical (unpaired) electrons. The molecule has 2 N–H and O–H groups in total. The summed E-state index contributed by atoms with van der Waals surface area (Å²) in [7, 11) is 5.71. The average molecular weight is 313 g/mol. The van der Waals surface area contributed by atoms with E-state index in [1.54, 1.807) is 7.11 Å². The second-order valence-corrected chi connectivity index (χ2v) is 6.80. The normalized spacial score (nSPS) is 23.1. The Bertz CT molecular complexity index is 312. The molecule has 0 heterocycles. The van der Waals surface area contributed by atoms with Crippen molar-refractivity contribution in [2.24, 2.45) is 16.8 Å². The lowest BCUT2D eigenvalue weighted by Gasteiger charge is -2.32. The second kappa shape index (κ2) is 10.8. The Morgan fingerprint density at radius 2 is 1.91 bits per heavy atom. The van der Waals surface area contributed by atoms with Crippen molar-refractivity contribution in [2.75, 3.05) is 47.4 Å². The van der Waals surface area contributed by atoms with E-state index in [0.29, 0.717) is 6.04 Å². The molecule has 22 heavy (non-hydrogen) atoms. The van der Waals surface area contributed by atoms with Gasteiger partial charge in [-0.2, -0.15) is 0 Å². The van der Waals surface area contributed by atoms with Gasteiger partial charge in [0.25, 0.3) is 0 Å². The number of guanidine groups is 1. The summed E-state index contributed by atoms with van der Waals surface area (Å²) in [6.07, 6.45) is 5.20. The maximum absolute atomic E-state index is 5.09. The highest BCUT2D eigenvalue weighted by molar-refractivity contribution is 5.79. The van der Waals surface area contributed by atoms with Crippen LogP contribution >= 0.6 is 0 Å². The number of hydrogen-bond acceptors (Lipinski definition) is 3. The lowest BCUT2D eigenvalue weighted by atomic mass is 9.80. The standard InChI is InChI=1S/C17H36N4O/c1-14(2)15-6-8-16(9-7-15)20-17(18-3)19-10-11-21(4)12-13-22-5/h14-16H,6-13H2,1-5H3,(H2,18,19,20). The quantitative estimate of drug-likeness (QED) is 0.531. The summed E-state index contributed by atoms with van der Waals surface area (Å²) in [5.41, 5.74) is 0. The Morgan fingerprint density at radius 3 is 2.45 bits per heavy atom. The van der Waals surface area contributed by atoms with Gasteiger partial charge in [-0.25, -0.2) is 0 Å². The Labute approximate surface area is 136 Å². The van der Waals surface area contributed by atoms with Gasteiger partial charge < -0.3 is 20.3 Å². The van der Waals surface area contributed by atoms with E-state index < -0.39 is 0 Å². The largest absolute Gasteiger partial charge is 0.383 e. The van der Waals surface area contributed by atoms with Gasteiger partial charge in [0.05, 0.1) is 6.61 Å². The van der Waals surface area contributed by atoms with Gasteiger partial charge in [-0.3, -0.25) is 4.99 Å². The molecule has 0 aliphatic heterocycles. The van der Waals surface area contributed by atoms with E-state index in [0.717, 1.165) is 44.0 Å². The molecule has 0 saturated heterocycles. The molecule has 0 aromatic rings. The van der Waals surface area contributed by atoms with E-state index in [-0.39, 0.29) is 0 Å². The van der Waals surface area contributed by atoms with Gasteiger partial charge in [-0.05, 0) is 44.6 Å². The van der Waals surface area contributed by atoms with Crippen molar-refractivity contribution >= 4 is 5.96 Å². The first-order chi connectivity index (χ1) is 10.6. The van der Waals surface area contributed by atoms with Crippen molar-refractivity contribution in [3.63, 3.8) is 0 Å². The zero-order valence-electron chi connectivity index (χ0n) is 15.2. The zero-order valence-corrected chi connectivity index (χ0v) is 15.2. The topological polar surface area (TPSA) is 48.9 Å². The number of likely N-dealkylation sites (N-methyl/N-ethyl adjacent to an activating group) is 1. The molecule has 0 bridgehead atoms. The number of hydrogen-bond donors (Lipinski definition) is 2. The number of nitrogens with one attached hydrogen (secondary N) is 2. The molecule has 1 rings (SSSR count). The number of aliphatic imine (C=N–C) groups is 1. The number of rotatable bonds is 8. The second-order valence-electron chi connectivity index (χ2n) is 6.80. The van der Waals surface area contributed by atoms with Crippen LogP contribution in [-0.4, -0.2) is 64.3 Å². The number of ether oxygens (including phenoxy) is 1. The summed E-state index contributed by atoms with van der Waals surface area (Å²) in [5, 5.41) is 6.99. The molecule has 1 saturated carbocycles. The minimum absolute atomic E-state index is 0.576. The molecule has 130 valence electrons. The molecule has 0 unspecified atom stereocenters. The zero-order chi connectivity index (χ0) is 16.4. The van der Waals surface area contributed by atoms with E-state index in [9.17, 15) is 0 Å². The Balaban J connectivity index is 2.20. The fourth-order valence-electron chi connectivity index (χ4n) is 3.04. The van der Waals surface area contributed by atoms with Crippen molar-refractivity contribution in [1.82, 2.24) is 15.5 Å². The van der Waals surface area contributed by atoms with Gasteiger partial charge in [0.15, 0.2) is 5.96 Å². The van der Waals surface area contributed by atoms with Crippen LogP contribution in [0.2, 0.25) is 0 Å². The van der Waals surface area contributed by atoms with Crippen molar-refractivity contribution in [2.45, 2.75) is 45.6 Å². The van der Waals surface area contributed by atoms with E-state index in [1.807, 2.05) is 7.05 Å². The third-order valence-corrected chi connectivity index (χ3v) is 4.74. The van der Waals surface area contributed by atoms with Crippen LogP contribution in [0.1, 0.15) is 39.5 Å². The van der Waals surface area contributed by atoms with Gasteiger partial charge in [0.1, 0.15) is 0 Å². The van der Waals surface area contributed by atoms with Crippen molar-refractivity contribution in [3.05, 3.63) is 0 Å². The maximum Gasteiger partial charge on any atom is 0.191 e. The van der Waals surface area contributed by atoms with Crippen LogP contribution in [0.15, 0.2) is 4.99 Å². The molecule has 1 aliphatic carbocycles. The van der Waals surface area contributed by atoms with Crippen LogP contribution in [0.4, 0.5) is 0 Å². The maximum atomic E-state index is 5.09. The smallest absolute Gasteiger partial charge is 0.191 e. The molecule has 1 fully saturated rings. The number of methoxy groups -OCH3 is 1. The highest BCUT2D eigenvalue weighted by Gasteiger charge is 2.23. The van der Waals surface area contributed by atoms with Gasteiger partial charge in [0.2, 0.25) is 0 Å². The molecule has 0 spiro atoms. The van der Waals surface area contributed by atoms with Crippen molar-refractivity contribution in [3.8, 4) is 0 Å². The summed E-state index contributed by atoms with van der Waals surface area (Å²) in [6, 6.07) is 0.576. The van der Waals surface area contributed by atoms with Crippen molar-refractivity contribution in [1.29, 1.82) is 0 Å². The predicted molar refractivity (Wildman–Crippen MR) is 94.5 cm³/mol. The fraction of sp³-hybridized carbons (Fsp3) is 0.941. The SMILES string of the molecule is CN=C(NCCN(C)CCOC)NC1CCC(C(C)C)CC1. The molecule has 0 atom stereocenters. The lowest BCUT2D eigenvalue weighted by Crippen LogP contribution is -2.46. The summed E-state index contributed by atoms with van der Waals surface area (Å²) in [6.45, 7) is 8.33. The van der Waals surface area contributed by atoms with Crippen LogP contribution < -0.4 is 10.6 Å². The van der Waals surface area contributed by atoms with Gasteiger partial charge >= 0.3 is 0 Å². The molecule has 0 aromatic carbocycles. The Morgan fingerprint density at radius 1 is 1.23 bits per heavy atom. The fourth-order valence-corrected chi connectivity index (χ4v) is 3.04. The van der Waals surface area contributed by atoms with Gasteiger partial charge in [-0.1, -0.05) is 13.8 Å². The van der Waals surface area contributed by atoms with Crippen LogP contribution in [0.5, 0.6) is 0 Å². The number of nitrogens with zero attached hydrogens (tertiary/aromatic N) is 2.